The largest absolute Gasteiger partial charge is 0.508 e. The zero-order valence-electron chi connectivity index (χ0n) is 27.0. The number of carbonyl (C=O) groups is 3. The molecule has 2 aliphatic heterocycles. The number of phenols is 4. The number of rotatable bonds is 10. The minimum atomic E-state index is -2.03. The number of fused-ring (bicyclic) bond motifs is 1. The van der Waals surface area contributed by atoms with Crippen LogP contribution < -0.4 is 10.2 Å². The molecule has 2 aliphatic rings. The van der Waals surface area contributed by atoms with Crippen molar-refractivity contribution in [2.24, 2.45) is 0 Å². The zero-order valence-corrected chi connectivity index (χ0v) is 27.0. The average molecular weight is 723 g/mol. The number of benzene rings is 2. The van der Waals surface area contributed by atoms with Crippen LogP contribution in [0.2, 0.25) is 0 Å². The van der Waals surface area contributed by atoms with Gasteiger partial charge in [0.1, 0.15) is 59.6 Å². The summed E-state index contributed by atoms with van der Waals surface area (Å²) < 4.78 is 44.2. The summed E-state index contributed by atoms with van der Waals surface area (Å²) in [5.74, 6) is -5.80. The van der Waals surface area contributed by atoms with Gasteiger partial charge in [-0.3, -0.25) is 19.2 Å². The topological polar surface area (TPSA) is 288 Å². The molecule has 0 spiro atoms. The van der Waals surface area contributed by atoms with Crippen molar-refractivity contribution in [1.29, 1.82) is 0 Å². The van der Waals surface area contributed by atoms with Gasteiger partial charge in [0.25, 0.3) is 0 Å². The normalized spacial score (nSPS) is 27.5. The van der Waals surface area contributed by atoms with Gasteiger partial charge in [-0.15, -0.1) is 0 Å². The molecule has 0 amide bonds. The predicted molar refractivity (Wildman–Crippen MR) is 164 cm³/mol. The van der Waals surface area contributed by atoms with Crippen molar-refractivity contribution < 1.29 is 87.7 Å². The van der Waals surface area contributed by atoms with Crippen molar-refractivity contribution in [3.05, 3.63) is 40.6 Å². The Bertz CT molecular complexity index is 1850. The molecular weight excluding hydrogens is 688 g/mol. The number of hydrogen-bond donors (Lipinski definition) is 7. The van der Waals surface area contributed by atoms with Crippen LogP contribution in [0.3, 0.4) is 0 Å². The smallest absolute Gasteiger partial charge is 0.303 e. The fourth-order valence-corrected chi connectivity index (χ4v) is 5.50. The van der Waals surface area contributed by atoms with E-state index >= 15 is 0 Å². The van der Waals surface area contributed by atoms with Crippen molar-refractivity contribution in [1.82, 2.24) is 0 Å². The highest BCUT2D eigenvalue weighted by atomic mass is 16.8. The first kappa shape index (κ1) is 37.1. The first-order valence-electron chi connectivity index (χ1n) is 15.2. The fourth-order valence-electron chi connectivity index (χ4n) is 5.50. The third kappa shape index (κ3) is 7.93. The van der Waals surface area contributed by atoms with Crippen LogP contribution in [0.15, 0.2) is 39.5 Å². The second kappa shape index (κ2) is 15.0. The molecule has 276 valence electrons. The van der Waals surface area contributed by atoms with E-state index in [9.17, 15) is 54.9 Å². The molecule has 3 heterocycles. The van der Waals surface area contributed by atoms with Gasteiger partial charge in [-0.05, 0) is 18.2 Å². The third-order valence-electron chi connectivity index (χ3n) is 7.80. The lowest BCUT2D eigenvalue weighted by atomic mass is 9.99. The standard InChI is InChI=1S/C32H34O19/c1-11(33)44-10-21-28(46-12(2)34)30(47-13(3)35)32(50-21)45-9-20-23(40)25(42)26(43)31(49-20)51-29-24(41)22-18(39)7-15(36)8-19(22)48-27(29)14-4-5-16(37)17(38)6-14/h4-8,20-21,23,25-26,28,30-32,36-40,42-43H,9-10H2,1-3H3/t20-,21-,23-,25+,26-,28-,30+,31+,32+/m1/s1. The molecule has 0 unspecified atom stereocenters. The minimum Gasteiger partial charge on any atom is -0.508 e. The number of hydrogen-bond acceptors (Lipinski definition) is 19. The maximum Gasteiger partial charge on any atom is 0.303 e. The van der Waals surface area contributed by atoms with Crippen LogP contribution in [-0.2, 0) is 42.8 Å². The maximum atomic E-state index is 13.7. The number of aromatic hydroxyl groups is 4. The molecule has 7 N–H and O–H groups in total. The van der Waals surface area contributed by atoms with Crippen LogP contribution in [-0.4, -0.2) is 122 Å². The Morgan fingerprint density at radius 3 is 2.04 bits per heavy atom. The van der Waals surface area contributed by atoms with E-state index in [1.165, 1.54) is 6.07 Å². The maximum absolute atomic E-state index is 13.7. The number of aliphatic hydroxyl groups excluding tert-OH is 3. The fraction of sp³-hybridized carbons (Fsp3) is 0.438. The quantitative estimate of drug-likeness (QED) is 0.0798. The Morgan fingerprint density at radius 2 is 1.39 bits per heavy atom. The van der Waals surface area contributed by atoms with Gasteiger partial charge in [-0.1, -0.05) is 0 Å². The molecule has 5 rings (SSSR count). The van der Waals surface area contributed by atoms with Gasteiger partial charge < -0.3 is 73.3 Å². The van der Waals surface area contributed by atoms with E-state index in [2.05, 4.69) is 0 Å². The lowest BCUT2D eigenvalue weighted by Gasteiger charge is -2.40. The van der Waals surface area contributed by atoms with E-state index in [1.807, 2.05) is 0 Å². The van der Waals surface area contributed by atoms with Gasteiger partial charge in [0.05, 0.1) is 6.61 Å². The molecule has 0 saturated carbocycles. The number of aliphatic hydroxyl groups is 3. The van der Waals surface area contributed by atoms with Crippen LogP contribution in [0.4, 0.5) is 0 Å². The summed E-state index contributed by atoms with van der Waals surface area (Å²) in [6, 6.07) is 5.16. The van der Waals surface area contributed by atoms with Crippen molar-refractivity contribution in [2.75, 3.05) is 13.2 Å². The molecular formula is C32H34O19. The highest BCUT2D eigenvalue weighted by molar-refractivity contribution is 5.88. The Hall–Kier alpha value is -5.18. The Kier molecular flexibility index (Phi) is 10.9. The lowest BCUT2D eigenvalue weighted by molar-refractivity contribution is -0.290. The summed E-state index contributed by atoms with van der Waals surface area (Å²) in [5.41, 5.74) is -1.44. The van der Waals surface area contributed by atoms with Crippen LogP contribution in [0.25, 0.3) is 22.3 Å². The van der Waals surface area contributed by atoms with E-state index in [0.29, 0.717) is 0 Å². The van der Waals surface area contributed by atoms with Crippen molar-refractivity contribution in [3.63, 3.8) is 0 Å². The second-order valence-corrected chi connectivity index (χ2v) is 11.6. The zero-order chi connectivity index (χ0) is 37.3. The third-order valence-corrected chi connectivity index (χ3v) is 7.80. The molecule has 3 aromatic rings. The number of carbonyl (C=O) groups excluding carboxylic acids is 3. The molecule has 1 aromatic heterocycles. The average Bonchev–Trinajstić information content (AvgIpc) is 3.35. The van der Waals surface area contributed by atoms with Gasteiger partial charge in [0.15, 0.2) is 35.8 Å². The van der Waals surface area contributed by atoms with Crippen LogP contribution in [0.5, 0.6) is 28.7 Å². The lowest BCUT2D eigenvalue weighted by Crippen LogP contribution is -2.60. The summed E-state index contributed by atoms with van der Waals surface area (Å²) in [5, 5.41) is 72.3. The van der Waals surface area contributed by atoms with Gasteiger partial charge in [-0.25, -0.2) is 0 Å². The SMILES string of the molecule is CC(=O)OC[C@H]1O[C@H](OC[C@H]2O[C@@H](Oc3c(-c4ccc(O)c(O)c4)oc4cc(O)cc(O)c4c3=O)[C@H](O)[C@@H](O)[C@@H]2O)[C@@H](OC(C)=O)[C@@H]1OC(C)=O. The number of phenolic OH excluding ortho intramolecular Hbond substituents is 4. The van der Waals surface area contributed by atoms with E-state index in [0.717, 1.165) is 45.0 Å². The number of ether oxygens (including phenoxy) is 7. The first-order valence-corrected chi connectivity index (χ1v) is 15.2. The molecule has 0 aliphatic carbocycles. The van der Waals surface area contributed by atoms with Gasteiger partial charge in [0, 0.05) is 38.5 Å². The van der Waals surface area contributed by atoms with E-state index in [4.69, 9.17) is 37.6 Å². The van der Waals surface area contributed by atoms with E-state index < -0.39 is 132 Å². The van der Waals surface area contributed by atoms with E-state index in [1.54, 1.807) is 0 Å². The van der Waals surface area contributed by atoms with Crippen molar-refractivity contribution >= 4 is 28.9 Å². The van der Waals surface area contributed by atoms with Crippen LogP contribution in [0.1, 0.15) is 20.8 Å². The minimum absolute atomic E-state index is 0.0616. The first-order chi connectivity index (χ1) is 24.0. The summed E-state index contributed by atoms with van der Waals surface area (Å²) in [6.45, 7) is 2.16. The number of esters is 3. The Balaban J connectivity index is 1.44. The molecule has 2 fully saturated rings. The summed E-state index contributed by atoms with van der Waals surface area (Å²) in [4.78, 5) is 48.9. The predicted octanol–water partition coefficient (Wildman–Crippen LogP) is -0.363. The molecule has 9 atom stereocenters. The molecule has 19 nitrogen and oxygen atoms in total. The van der Waals surface area contributed by atoms with E-state index in [-0.39, 0.29) is 11.1 Å². The Morgan fingerprint density at radius 1 is 0.725 bits per heavy atom. The Labute approximate surface area is 286 Å². The summed E-state index contributed by atoms with van der Waals surface area (Å²) in [7, 11) is 0. The van der Waals surface area contributed by atoms with Crippen molar-refractivity contribution in [2.45, 2.75) is 76.1 Å². The van der Waals surface area contributed by atoms with Crippen LogP contribution in [0, 0.1) is 0 Å². The molecule has 0 radical (unpaired) electrons. The molecule has 0 bridgehead atoms. The molecule has 2 saturated heterocycles. The summed E-state index contributed by atoms with van der Waals surface area (Å²) in [6.07, 6.45) is -14.8. The van der Waals surface area contributed by atoms with Crippen LogP contribution >= 0.6 is 0 Å². The monoisotopic (exact) mass is 722 g/mol. The second-order valence-electron chi connectivity index (χ2n) is 11.6. The molecule has 19 heteroatoms. The van der Waals surface area contributed by atoms with Crippen molar-refractivity contribution in [3.8, 4) is 40.1 Å². The highest BCUT2D eigenvalue weighted by Crippen LogP contribution is 2.39. The highest BCUT2D eigenvalue weighted by Gasteiger charge is 2.52. The van der Waals surface area contributed by atoms with Gasteiger partial charge >= 0.3 is 17.9 Å². The molecule has 51 heavy (non-hydrogen) atoms. The molecule has 2 aromatic carbocycles. The van der Waals surface area contributed by atoms with Gasteiger partial charge in [0.2, 0.25) is 17.5 Å². The van der Waals surface area contributed by atoms with Gasteiger partial charge in [-0.2, -0.15) is 0 Å². The summed E-state index contributed by atoms with van der Waals surface area (Å²) >= 11 is 0.